The number of nitrogens with zero attached hydrogens (tertiary/aromatic N) is 2. The number of amides is 2. The minimum absolute atomic E-state index is 0.0484. The van der Waals surface area contributed by atoms with Crippen LogP contribution in [0.4, 0.5) is 4.79 Å². The van der Waals surface area contributed by atoms with Crippen LogP contribution >= 0.6 is 11.8 Å². The van der Waals surface area contributed by atoms with Gasteiger partial charge in [-0.2, -0.15) is 0 Å². The molecule has 2 aliphatic carbocycles. The van der Waals surface area contributed by atoms with Crippen molar-refractivity contribution >= 4 is 28.9 Å². The van der Waals surface area contributed by atoms with Crippen molar-refractivity contribution in [2.24, 2.45) is 10.9 Å². The van der Waals surface area contributed by atoms with Crippen LogP contribution in [0.5, 0.6) is 0 Å². The lowest BCUT2D eigenvalue weighted by atomic mass is 9.81. The smallest absolute Gasteiger partial charge is 0.323 e. The summed E-state index contributed by atoms with van der Waals surface area (Å²) in [5.74, 6) is 0.490. The van der Waals surface area contributed by atoms with Crippen molar-refractivity contribution in [3.8, 4) is 0 Å². The molecule has 29 heavy (non-hydrogen) atoms. The van der Waals surface area contributed by atoms with Crippen molar-refractivity contribution in [3.63, 3.8) is 0 Å². The van der Waals surface area contributed by atoms with Gasteiger partial charge in [-0.25, -0.2) is 4.79 Å². The van der Waals surface area contributed by atoms with Crippen molar-refractivity contribution < 1.29 is 14.3 Å². The number of hydrogen-bond acceptors (Lipinski definition) is 5. The van der Waals surface area contributed by atoms with Crippen LogP contribution in [0.1, 0.15) is 84.5 Å². The molecule has 0 spiro atoms. The minimum Gasteiger partial charge on any atom is -0.466 e. The third-order valence-electron chi connectivity index (χ3n) is 6.49. The highest BCUT2D eigenvalue weighted by Gasteiger charge is 2.35. The Morgan fingerprint density at radius 1 is 1.10 bits per heavy atom. The van der Waals surface area contributed by atoms with Crippen LogP contribution in [0, 0.1) is 5.92 Å². The Morgan fingerprint density at radius 2 is 1.79 bits per heavy atom. The van der Waals surface area contributed by atoms with Crippen LogP contribution in [0.2, 0.25) is 0 Å². The molecule has 0 bridgehead atoms. The summed E-state index contributed by atoms with van der Waals surface area (Å²) in [4.78, 5) is 31.5. The SMILES string of the molecule is CCOC(=O)CCC1CCC(N(C(=O)NC2=NCC(C)S2)C2CCCCC2)CC1. The average molecular weight is 424 g/mol. The highest BCUT2D eigenvalue weighted by molar-refractivity contribution is 8.14. The first-order valence-corrected chi connectivity index (χ1v) is 12.4. The van der Waals surface area contributed by atoms with Crippen molar-refractivity contribution in [2.75, 3.05) is 13.2 Å². The van der Waals surface area contributed by atoms with Crippen LogP contribution in [0.25, 0.3) is 0 Å². The molecule has 0 aromatic heterocycles. The largest absolute Gasteiger partial charge is 0.466 e. The van der Waals surface area contributed by atoms with Crippen molar-refractivity contribution in [2.45, 2.75) is 102 Å². The molecule has 0 saturated heterocycles. The zero-order chi connectivity index (χ0) is 20.6. The number of carbonyl (C=O) groups is 2. The molecule has 1 aliphatic heterocycles. The van der Waals surface area contributed by atoms with E-state index in [9.17, 15) is 9.59 Å². The van der Waals surface area contributed by atoms with Crippen LogP contribution in [-0.2, 0) is 9.53 Å². The summed E-state index contributed by atoms with van der Waals surface area (Å²) in [6.07, 6.45) is 11.6. The van der Waals surface area contributed by atoms with Crippen molar-refractivity contribution in [1.82, 2.24) is 10.2 Å². The fourth-order valence-corrected chi connectivity index (χ4v) is 5.78. The number of nitrogens with one attached hydrogen (secondary N) is 1. The van der Waals surface area contributed by atoms with Crippen LogP contribution in [0.3, 0.4) is 0 Å². The first-order valence-electron chi connectivity index (χ1n) is 11.5. The van der Waals surface area contributed by atoms with Gasteiger partial charge < -0.3 is 9.64 Å². The maximum Gasteiger partial charge on any atom is 0.323 e. The molecule has 3 rings (SSSR count). The number of amidine groups is 1. The van der Waals surface area contributed by atoms with Gasteiger partial charge in [0.15, 0.2) is 5.17 Å². The van der Waals surface area contributed by atoms with E-state index in [-0.39, 0.29) is 12.0 Å². The molecule has 3 aliphatic rings. The Hall–Kier alpha value is -1.24. The summed E-state index contributed by atoms with van der Waals surface area (Å²) >= 11 is 1.67. The van der Waals surface area contributed by atoms with E-state index >= 15 is 0 Å². The third-order valence-corrected chi connectivity index (χ3v) is 7.50. The number of urea groups is 1. The summed E-state index contributed by atoms with van der Waals surface area (Å²) in [5.41, 5.74) is 0. The number of hydrogen-bond donors (Lipinski definition) is 1. The second-order valence-electron chi connectivity index (χ2n) is 8.72. The molecule has 7 heteroatoms. The van der Waals surface area contributed by atoms with Gasteiger partial charge in [0.25, 0.3) is 0 Å². The summed E-state index contributed by atoms with van der Waals surface area (Å²) in [5, 5.41) is 4.34. The quantitative estimate of drug-likeness (QED) is 0.627. The van der Waals surface area contributed by atoms with Crippen LogP contribution in [0.15, 0.2) is 4.99 Å². The Labute approximate surface area is 179 Å². The number of esters is 1. The van der Waals surface area contributed by atoms with E-state index in [1.54, 1.807) is 11.8 Å². The van der Waals surface area contributed by atoms with Crippen LogP contribution < -0.4 is 5.32 Å². The fraction of sp³-hybridized carbons (Fsp3) is 0.864. The van der Waals surface area contributed by atoms with Gasteiger partial charge in [-0.15, -0.1) is 0 Å². The molecule has 2 amide bonds. The molecular weight excluding hydrogens is 386 g/mol. The normalized spacial score (nSPS) is 27.9. The summed E-state index contributed by atoms with van der Waals surface area (Å²) in [6, 6.07) is 0.711. The predicted molar refractivity (Wildman–Crippen MR) is 118 cm³/mol. The van der Waals surface area contributed by atoms with E-state index < -0.39 is 0 Å². The monoisotopic (exact) mass is 423 g/mol. The lowest BCUT2D eigenvalue weighted by Gasteiger charge is -2.42. The van der Waals surface area contributed by atoms with Gasteiger partial charge in [0.05, 0.1) is 13.2 Å². The van der Waals surface area contributed by atoms with E-state index in [0.717, 1.165) is 56.7 Å². The average Bonchev–Trinajstić information content (AvgIpc) is 3.13. The van der Waals surface area contributed by atoms with E-state index in [4.69, 9.17) is 4.74 Å². The molecule has 1 atom stereocenters. The van der Waals surface area contributed by atoms with Crippen molar-refractivity contribution in [3.05, 3.63) is 0 Å². The maximum absolute atomic E-state index is 13.2. The molecule has 1 heterocycles. The predicted octanol–water partition coefficient (Wildman–Crippen LogP) is 4.72. The highest BCUT2D eigenvalue weighted by Crippen LogP contribution is 2.34. The Bertz CT molecular complexity index is 584. The third kappa shape index (κ3) is 6.63. The highest BCUT2D eigenvalue weighted by atomic mass is 32.2. The molecule has 0 radical (unpaired) electrons. The van der Waals surface area contributed by atoms with E-state index in [0.29, 0.717) is 36.3 Å². The number of ether oxygens (including phenoxy) is 1. The second kappa shape index (κ2) is 11.2. The fourth-order valence-electron chi connectivity index (χ4n) is 4.96. The lowest BCUT2D eigenvalue weighted by molar-refractivity contribution is -0.143. The minimum atomic E-state index is -0.0816. The molecule has 1 N–H and O–H groups in total. The Morgan fingerprint density at radius 3 is 2.41 bits per heavy atom. The Balaban J connectivity index is 1.55. The summed E-state index contributed by atoms with van der Waals surface area (Å²) in [7, 11) is 0. The Kier molecular flexibility index (Phi) is 8.69. The topological polar surface area (TPSA) is 71.0 Å². The van der Waals surface area contributed by atoms with Gasteiger partial charge >= 0.3 is 12.0 Å². The molecule has 0 aromatic rings. The van der Waals surface area contributed by atoms with Gasteiger partial charge in [0.1, 0.15) is 0 Å². The summed E-state index contributed by atoms with van der Waals surface area (Å²) in [6.45, 7) is 5.24. The van der Waals surface area contributed by atoms with E-state index in [1.165, 1.54) is 19.3 Å². The zero-order valence-corrected chi connectivity index (χ0v) is 18.8. The van der Waals surface area contributed by atoms with Crippen molar-refractivity contribution in [1.29, 1.82) is 0 Å². The molecular formula is C22H37N3O3S. The standard InChI is InChI=1S/C22H37N3O3S/c1-3-28-20(26)14-11-17-9-12-19(13-10-17)25(18-7-5-4-6-8-18)22(27)24-21-23-15-16(2)29-21/h16-19H,3-15H2,1-2H3,(H,23,24,27). The first-order chi connectivity index (χ1) is 14.1. The van der Waals surface area contributed by atoms with Gasteiger partial charge in [-0.3, -0.25) is 15.1 Å². The van der Waals surface area contributed by atoms with E-state index in [2.05, 4.69) is 22.1 Å². The number of thioether (sulfide) groups is 1. The summed E-state index contributed by atoms with van der Waals surface area (Å²) < 4.78 is 5.06. The molecule has 2 fully saturated rings. The van der Waals surface area contributed by atoms with Gasteiger partial charge in [-0.1, -0.05) is 37.9 Å². The molecule has 2 saturated carbocycles. The number of aliphatic imine (C=N–C) groups is 1. The first kappa shape index (κ1) is 22.4. The number of carbonyl (C=O) groups excluding carboxylic acids is 2. The van der Waals surface area contributed by atoms with Gasteiger partial charge in [-0.05, 0) is 57.8 Å². The van der Waals surface area contributed by atoms with E-state index in [1.807, 2.05) is 6.92 Å². The molecule has 164 valence electrons. The molecule has 6 nitrogen and oxygen atoms in total. The second-order valence-corrected chi connectivity index (χ2v) is 10.1. The molecule has 0 aromatic carbocycles. The van der Waals surface area contributed by atoms with Gasteiger partial charge in [0, 0.05) is 23.8 Å². The number of rotatable bonds is 6. The maximum atomic E-state index is 13.2. The van der Waals surface area contributed by atoms with Crippen LogP contribution in [-0.4, -0.2) is 52.6 Å². The van der Waals surface area contributed by atoms with Gasteiger partial charge in [0.2, 0.25) is 0 Å². The molecule has 1 unspecified atom stereocenters. The lowest BCUT2D eigenvalue weighted by Crippen LogP contribution is -2.53. The zero-order valence-electron chi connectivity index (χ0n) is 18.0.